The number of carbonyl (C=O) groups is 1. The Morgan fingerprint density at radius 2 is 1.72 bits per heavy atom. The summed E-state index contributed by atoms with van der Waals surface area (Å²) in [5, 5.41) is 3.01. The first-order chi connectivity index (χ1) is 13.9. The Bertz CT molecular complexity index is 794. The van der Waals surface area contributed by atoms with E-state index in [4.69, 9.17) is 0 Å². The van der Waals surface area contributed by atoms with Crippen molar-refractivity contribution in [3.05, 3.63) is 29.3 Å². The Labute approximate surface area is 175 Å². The van der Waals surface area contributed by atoms with E-state index < -0.39 is 10.0 Å². The predicted octanol–water partition coefficient (Wildman–Crippen LogP) is 3.02. The van der Waals surface area contributed by atoms with Gasteiger partial charge in [-0.1, -0.05) is 18.9 Å². The molecule has 162 valence electrons. The second-order valence-electron chi connectivity index (χ2n) is 8.59. The van der Waals surface area contributed by atoms with Gasteiger partial charge in [0, 0.05) is 25.2 Å². The van der Waals surface area contributed by atoms with E-state index >= 15 is 0 Å². The van der Waals surface area contributed by atoms with Gasteiger partial charge >= 0.3 is 0 Å². The molecular formula is C22H35N3O3S. The molecule has 1 aromatic carbocycles. The van der Waals surface area contributed by atoms with Crippen LogP contribution in [0.25, 0.3) is 0 Å². The van der Waals surface area contributed by atoms with Crippen LogP contribution in [0.2, 0.25) is 0 Å². The molecule has 0 aromatic heterocycles. The number of likely N-dealkylation sites (tertiary alicyclic amines) is 1. The van der Waals surface area contributed by atoms with Crippen LogP contribution in [0.4, 0.5) is 0 Å². The standard InChI is InChI=1S/C22H35N3O3S/c1-18-7-8-20(29(27,28)25-13-5-3-4-6-14-25)17-21(18)22(26)23-12-9-19-10-15-24(2)16-11-19/h7-8,17,19H,3-6,9-16H2,1-2H3,(H,23,26). The number of hydrogen-bond acceptors (Lipinski definition) is 4. The minimum Gasteiger partial charge on any atom is -0.352 e. The molecule has 2 fully saturated rings. The van der Waals surface area contributed by atoms with Crippen LogP contribution < -0.4 is 5.32 Å². The average molecular weight is 422 g/mol. The van der Waals surface area contributed by atoms with Crippen molar-refractivity contribution < 1.29 is 13.2 Å². The van der Waals surface area contributed by atoms with E-state index in [2.05, 4.69) is 17.3 Å². The monoisotopic (exact) mass is 421 g/mol. The van der Waals surface area contributed by atoms with Crippen LogP contribution in [0.1, 0.15) is 60.9 Å². The maximum absolute atomic E-state index is 13.1. The molecule has 1 aromatic rings. The molecule has 2 saturated heterocycles. The van der Waals surface area contributed by atoms with Crippen LogP contribution >= 0.6 is 0 Å². The summed E-state index contributed by atoms with van der Waals surface area (Å²) in [7, 11) is -1.41. The summed E-state index contributed by atoms with van der Waals surface area (Å²) in [6.45, 7) is 5.86. The number of rotatable bonds is 6. The van der Waals surface area contributed by atoms with Gasteiger partial charge in [-0.3, -0.25) is 4.79 Å². The van der Waals surface area contributed by atoms with E-state index in [-0.39, 0.29) is 10.8 Å². The lowest BCUT2D eigenvalue weighted by Gasteiger charge is -2.28. The van der Waals surface area contributed by atoms with Gasteiger partial charge in [-0.05, 0) is 82.8 Å². The van der Waals surface area contributed by atoms with Crippen LogP contribution in [-0.4, -0.2) is 63.3 Å². The molecule has 2 aliphatic heterocycles. The van der Waals surface area contributed by atoms with Crippen LogP contribution in [0.5, 0.6) is 0 Å². The fourth-order valence-corrected chi connectivity index (χ4v) is 5.82. The van der Waals surface area contributed by atoms with E-state index in [1.807, 2.05) is 6.92 Å². The highest BCUT2D eigenvalue weighted by Gasteiger charge is 2.26. The zero-order valence-electron chi connectivity index (χ0n) is 17.8. The molecule has 0 spiro atoms. The van der Waals surface area contributed by atoms with Gasteiger partial charge in [0.1, 0.15) is 0 Å². The fraction of sp³-hybridized carbons (Fsp3) is 0.682. The van der Waals surface area contributed by atoms with Crippen molar-refractivity contribution in [2.75, 3.05) is 39.8 Å². The SMILES string of the molecule is Cc1ccc(S(=O)(=O)N2CCCCCC2)cc1C(=O)NCCC1CCN(C)CC1. The largest absolute Gasteiger partial charge is 0.352 e. The lowest BCUT2D eigenvalue weighted by atomic mass is 9.94. The number of benzene rings is 1. The number of aryl methyl sites for hydroxylation is 1. The molecule has 0 radical (unpaired) electrons. The number of nitrogens with one attached hydrogen (secondary N) is 1. The van der Waals surface area contributed by atoms with E-state index in [0.29, 0.717) is 31.1 Å². The Balaban J connectivity index is 1.64. The molecule has 3 rings (SSSR count). The Hall–Kier alpha value is -1.44. The minimum atomic E-state index is -3.55. The highest BCUT2D eigenvalue weighted by Crippen LogP contribution is 2.23. The molecule has 0 saturated carbocycles. The summed E-state index contributed by atoms with van der Waals surface area (Å²) in [5.41, 5.74) is 1.26. The maximum Gasteiger partial charge on any atom is 0.251 e. The maximum atomic E-state index is 13.1. The molecule has 0 atom stereocenters. The van der Waals surface area contributed by atoms with Crippen LogP contribution in [0.15, 0.2) is 23.1 Å². The van der Waals surface area contributed by atoms with Gasteiger partial charge in [-0.15, -0.1) is 0 Å². The summed E-state index contributed by atoms with van der Waals surface area (Å²) in [4.78, 5) is 15.3. The van der Waals surface area contributed by atoms with Crippen LogP contribution in [0.3, 0.4) is 0 Å². The van der Waals surface area contributed by atoms with Crippen molar-refractivity contribution in [2.45, 2.75) is 56.8 Å². The zero-order chi connectivity index (χ0) is 20.9. The third-order valence-electron chi connectivity index (χ3n) is 6.33. The quantitative estimate of drug-likeness (QED) is 0.767. The zero-order valence-corrected chi connectivity index (χ0v) is 18.6. The Kier molecular flexibility index (Phi) is 7.71. The first-order valence-corrected chi connectivity index (χ1v) is 12.4. The number of sulfonamides is 1. The normalized spacial score (nSPS) is 20.3. The highest BCUT2D eigenvalue weighted by molar-refractivity contribution is 7.89. The lowest BCUT2D eigenvalue weighted by molar-refractivity contribution is 0.0948. The second-order valence-corrected chi connectivity index (χ2v) is 10.5. The first-order valence-electron chi connectivity index (χ1n) is 11.0. The highest BCUT2D eigenvalue weighted by atomic mass is 32.2. The minimum absolute atomic E-state index is 0.177. The predicted molar refractivity (Wildman–Crippen MR) is 116 cm³/mol. The number of nitrogens with zero attached hydrogens (tertiary/aromatic N) is 2. The number of amides is 1. The van der Waals surface area contributed by atoms with Gasteiger partial charge < -0.3 is 10.2 Å². The summed E-state index contributed by atoms with van der Waals surface area (Å²) < 4.78 is 27.7. The lowest BCUT2D eigenvalue weighted by Crippen LogP contribution is -2.33. The van der Waals surface area contributed by atoms with Gasteiger partial charge in [0.05, 0.1) is 4.90 Å². The molecule has 7 heteroatoms. The summed E-state index contributed by atoms with van der Waals surface area (Å²) >= 11 is 0. The molecule has 1 N–H and O–H groups in total. The van der Waals surface area contributed by atoms with Gasteiger partial charge in [-0.2, -0.15) is 4.31 Å². The number of carbonyl (C=O) groups excluding carboxylic acids is 1. The van der Waals surface area contributed by atoms with Crippen molar-refractivity contribution in [1.82, 2.24) is 14.5 Å². The number of hydrogen-bond donors (Lipinski definition) is 1. The van der Waals surface area contributed by atoms with E-state index in [1.54, 1.807) is 22.5 Å². The molecule has 6 nitrogen and oxygen atoms in total. The van der Waals surface area contributed by atoms with Gasteiger partial charge in [0.2, 0.25) is 10.0 Å². The fourth-order valence-electron chi connectivity index (χ4n) is 4.27. The van der Waals surface area contributed by atoms with Crippen molar-refractivity contribution in [3.63, 3.8) is 0 Å². The summed E-state index contributed by atoms with van der Waals surface area (Å²) in [5.74, 6) is 0.477. The molecule has 0 unspecified atom stereocenters. The Morgan fingerprint density at radius 3 is 2.38 bits per heavy atom. The average Bonchev–Trinajstić information content (AvgIpc) is 3.00. The van der Waals surface area contributed by atoms with E-state index in [9.17, 15) is 13.2 Å². The van der Waals surface area contributed by atoms with Crippen LogP contribution in [-0.2, 0) is 10.0 Å². The molecule has 2 heterocycles. The molecule has 0 aliphatic carbocycles. The third-order valence-corrected chi connectivity index (χ3v) is 8.23. The second kappa shape index (κ2) is 10.0. The summed E-state index contributed by atoms with van der Waals surface area (Å²) in [6.07, 6.45) is 7.27. The molecule has 2 aliphatic rings. The third kappa shape index (κ3) is 5.80. The van der Waals surface area contributed by atoms with Crippen molar-refractivity contribution >= 4 is 15.9 Å². The molecular weight excluding hydrogens is 386 g/mol. The van der Waals surface area contributed by atoms with Crippen molar-refractivity contribution in [1.29, 1.82) is 0 Å². The van der Waals surface area contributed by atoms with Gasteiger partial charge in [-0.25, -0.2) is 8.42 Å². The topological polar surface area (TPSA) is 69.7 Å². The molecule has 29 heavy (non-hydrogen) atoms. The molecule has 1 amide bonds. The molecule has 0 bridgehead atoms. The summed E-state index contributed by atoms with van der Waals surface area (Å²) in [6, 6.07) is 4.93. The first kappa shape index (κ1) is 22.2. The van der Waals surface area contributed by atoms with Gasteiger partial charge in [0.15, 0.2) is 0 Å². The smallest absolute Gasteiger partial charge is 0.251 e. The van der Waals surface area contributed by atoms with Crippen molar-refractivity contribution in [2.24, 2.45) is 5.92 Å². The van der Waals surface area contributed by atoms with E-state index in [1.165, 1.54) is 12.8 Å². The Morgan fingerprint density at radius 1 is 1.07 bits per heavy atom. The van der Waals surface area contributed by atoms with E-state index in [0.717, 1.165) is 50.8 Å². The number of piperidine rings is 1. The van der Waals surface area contributed by atoms with Crippen molar-refractivity contribution in [3.8, 4) is 0 Å². The van der Waals surface area contributed by atoms with Crippen LogP contribution in [0, 0.1) is 12.8 Å². The van der Waals surface area contributed by atoms with Gasteiger partial charge in [0.25, 0.3) is 5.91 Å².